The van der Waals surface area contributed by atoms with E-state index in [1.54, 1.807) is 55.6 Å². The maximum Gasteiger partial charge on any atom is 0.238 e. The molecule has 7 heteroatoms. The number of hydrogen-bond donors (Lipinski definition) is 1. The van der Waals surface area contributed by atoms with Crippen molar-refractivity contribution in [3.8, 4) is 5.75 Å². The minimum Gasteiger partial charge on any atom is -0.497 e. The maximum absolute atomic E-state index is 14.7. The molecule has 0 saturated carbocycles. The van der Waals surface area contributed by atoms with E-state index in [1.165, 1.54) is 0 Å². The highest BCUT2D eigenvalue weighted by molar-refractivity contribution is 6.30. The number of ketones is 2. The molecule has 3 aliphatic heterocycles. The lowest BCUT2D eigenvalue weighted by atomic mass is 9.62. The Morgan fingerprint density at radius 1 is 0.878 bits per heavy atom. The normalized spacial score (nSPS) is 23.5. The van der Waals surface area contributed by atoms with Crippen molar-refractivity contribution in [2.45, 2.75) is 17.5 Å². The van der Waals surface area contributed by atoms with Crippen molar-refractivity contribution in [3.63, 3.8) is 0 Å². The summed E-state index contributed by atoms with van der Waals surface area (Å²) >= 11 is 6.17. The fourth-order valence-electron chi connectivity index (χ4n) is 6.91. The van der Waals surface area contributed by atoms with E-state index in [0.29, 0.717) is 33.1 Å². The quantitative estimate of drug-likeness (QED) is 0.289. The van der Waals surface area contributed by atoms with E-state index in [4.69, 9.17) is 16.3 Å². The minimum atomic E-state index is -1.38. The summed E-state index contributed by atoms with van der Waals surface area (Å²) in [5.74, 6) is -1.38. The highest BCUT2D eigenvalue weighted by Crippen LogP contribution is 2.62. The minimum absolute atomic E-state index is 0.265. The zero-order valence-electron chi connectivity index (χ0n) is 22.1. The van der Waals surface area contributed by atoms with Gasteiger partial charge in [0.05, 0.1) is 19.1 Å². The molecule has 7 rings (SSSR count). The van der Waals surface area contributed by atoms with Crippen LogP contribution < -0.4 is 10.1 Å². The number of hydrogen-bond acceptors (Lipinski definition) is 5. The van der Waals surface area contributed by atoms with Crippen LogP contribution >= 0.6 is 11.6 Å². The van der Waals surface area contributed by atoms with Gasteiger partial charge in [-0.05, 0) is 65.2 Å². The molecule has 0 bridgehead atoms. The maximum atomic E-state index is 14.7. The van der Waals surface area contributed by atoms with Gasteiger partial charge in [0.15, 0.2) is 11.6 Å². The Kier molecular flexibility index (Phi) is 5.84. The van der Waals surface area contributed by atoms with Crippen LogP contribution in [0.25, 0.3) is 6.08 Å². The molecular weight excluding hydrogens is 536 g/mol. The Hall–Kier alpha value is -4.68. The second-order valence-corrected chi connectivity index (χ2v) is 11.0. The van der Waals surface area contributed by atoms with Crippen molar-refractivity contribution in [2.24, 2.45) is 5.92 Å². The van der Waals surface area contributed by atoms with Crippen LogP contribution in [0, 0.1) is 5.92 Å². The first kappa shape index (κ1) is 25.3. The van der Waals surface area contributed by atoms with Crippen molar-refractivity contribution < 1.29 is 19.1 Å². The van der Waals surface area contributed by atoms with Gasteiger partial charge in [0.1, 0.15) is 17.2 Å². The first-order chi connectivity index (χ1) is 19.9. The van der Waals surface area contributed by atoms with E-state index in [2.05, 4.69) is 5.32 Å². The first-order valence-electron chi connectivity index (χ1n) is 13.4. The van der Waals surface area contributed by atoms with Crippen LogP contribution in [0.5, 0.6) is 5.75 Å². The standard InChI is InChI=1S/C34H25ClN2O4/c1-41-24-9-6-8-22(19-24)31(39)29-28(30(38)21-13-15-23(35)16-14-21)34(26-11-4-5-12-27(26)36-33(34)40)32-25-10-3-2-7-20(25)17-18-37(29)32/h2-19,28-29,32H,1H3,(H,36,40)/t28-,29+,32-,34-/m1/s1. The van der Waals surface area contributed by atoms with Crippen molar-refractivity contribution >= 4 is 40.8 Å². The van der Waals surface area contributed by atoms with Crippen molar-refractivity contribution in [1.29, 1.82) is 0 Å². The number of Topliss-reactive ketones (excluding diaryl/α,β-unsaturated/α-hetero) is 2. The number of halogens is 1. The van der Waals surface area contributed by atoms with Gasteiger partial charge >= 0.3 is 0 Å². The van der Waals surface area contributed by atoms with Crippen molar-refractivity contribution in [2.75, 3.05) is 12.4 Å². The molecule has 1 amide bonds. The average molecular weight is 561 g/mol. The van der Waals surface area contributed by atoms with Crippen LogP contribution in [0.4, 0.5) is 5.69 Å². The number of para-hydroxylation sites is 1. The molecule has 0 radical (unpaired) electrons. The third-order valence-corrected chi connectivity index (χ3v) is 8.86. The number of benzene rings is 4. The number of methoxy groups -OCH3 is 1. The molecular formula is C34H25ClN2O4. The first-order valence-corrected chi connectivity index (χ1v) is 13.8. The zero-order chi connectivity index (χ0) is 28.3. The predicted molar refractivity (Wildman–Crippen MR) is 157 cm³/mol. The van der Waals surface area contributed by atoms with Gasteiger partial charge in [-0.1, -0.05) is 66.2 Å². The summed E-state index contributed by atoms with van der Waals surface area (Å²) < 4.78 is 5.41. The molecule has 3 aliphatic rings. The molecule has 4 aromatic carbocycles. The van der Waals surface area contributed by atoms with Crippen LogP contribution in [0.2, 0.25) is 5.02 Å². The predicted octanol–water partition coefficient (Wildman–Crippen LogP) is 6.33. The van der Waals surface area contributed by atoms with Crippen LogP contribution in [0.1, 0.15) is 43.4 Å². The van der Waals surface area contributed by atoms with E-state index in [9.17, 15) is 14.4 Å². The van der Waals surface area contributed by atoms with Crippen LogP contribution in [-0.4, -0.2) is 35.5 Å². The van der Waals surface area contributed by atoms with Crippen molar-refractivity contribution in [1.82, 2.24) is 4.90 Å². The highest BCUT2D eigenvalue weighted by Gasteiger charge is 2.70. The molecule has 4 atom stereocenters. The summed E-state index contributed by atoms with van der Waals surface area (Å²) in [5, 5.41) is 3.55. The molecule has 0 unspecified atom stereocenters. The summed E-state index contributed by atoms with van der Waals surface area (Å²) in [6.07, 6.45) is 3.81. The molecule has 3 heterocycles. The Balaban J connectivity index is 1.53. The summed E-state index contributed by atoms with van der Waals surface area (Å²) in [7, 11) is 1.54. The van der Waals surface area contributed by atoms with E-state index in [-0.39, 0.29) is 17.5 Å². The zero-order valence-corrected chi connectivity index (χ0v) is 22.8. The molecule has 6 nitrogen and oxygen atoms in total. The Morgan fingerprint density at radius 2 is 1.63 bits per heavy atom. The van der Waals surface area contributed by atoms with Gasteiger partial charge in [0.25, 0.3) is 0 Å². The number of anilines is 1. The van der Waals surface area contributed by atoms with Crippen molar-refractivity contribution in [3.05, 3.63) is 136 Å². The SMILES string of the molecule is COc1cccc(C(=O)[C@@H]2[C@H](C(=O)c3ccc(Cl)cc3)[C@@]3(C(=O)Nc4ccccc43)[C@H]3c4ccccc4C=CN23)c1. The Bertz CT molecular complexity index is 1760. The number of carbonyl (C=O) groups excluding carboxylic acids is 3. The monoisotopic (exact) mass is 560 g/mol. The Morgan fingerprint density at radius 3 is 2.44 bits per heavy atom. The van der Waals surface area contributed by atoms with E-state index in [0.717, 1.165) is 11.1 Å². The van der Waals surface area contributed by atoms with Crippen LogP contribution in [0.15, 0.2) is 103 Å². The smallest absolute Gasteiger partial charge is 0.238 e. The van der Waals surface area contributed by atoms with Gasteiger partial charge in [-0.25, -0.2) is 0 Å². The van der Waals surface area contributed by atoms with Gasteiger partial charge < -0.3 is 15.0 Å². The summed E-state index contributed by atoms with van der Waals surface area (Å²) in [6.45, 7) is 0. The molecule has 4 aromatic rings. The fraction of sp³-hybridized carbons (Fsp3) is 0.147. The third-order valence-electron chi connectivity index (χ3n) is 8.60. The summed E-state index contributed by atoms with van der Waals surface area (Å²) in [6, 6.07) is 27.3. The molecule has 202 valence electrons. The summed E-state index contributed by atoms with van der Waals surface area (Å²) in [5.41, 5.74) is 2.59. The van der Waals surface area contributed by atoms with Gasteiger partial charge in [0.2, 0.25) is 5.91 Å². The van der Waals surface area contributed by atoms with E-state index >= 15 is 0 Å². The van der Waals surface area contributed by atoms with Crippen LogP contribution in [-0.2, 0) is 10.2 Å². The lowest BCUT2D eigenvalue weighted by Crippen LogP contribution is -2.49. The lowest BCUT2D eigenvalue weighted by Gasteiger charge is -2.38. The molecule has 1 spiro atoms. The average Bonchev–Trinajstić information content (AvgIpc) is 3.49. The number of nitrogens with one attached hydrogen (secondary N) is 1. The Labute approximate surface area is 242 Å². The highest BCUT2D eigenvalue weighted by atomic mass is 35.5. The van der Waals surface area contributed by atoms with Crippen LogP contribution in [0.3, 0.4) is 0 Å². The number of carbonyl (C=O) groups is 3. The number of nitrogens with zero attached hydrogens (tertiary/aromatic N) is 1. The molecule has 0 aliphatic carbocycles. The number of ether oxygens (including phenoxy) is 1. The largest absolute Gasteiger partial charge is 0.497 e. The number of rotatable bonds is 5. The third kappa shape index (κ3) is 3.60. The van der Waals surface area contributed by atoms with Gasteiger partial charge in [-0.3, -0.25) is 14.4 Å². The van der Waals surface area contributed by atoms with E-state index < -0.39 is 23.4 Å². The molecule has 1 fully saturated rings. The van der Waals surface area contributed by atoms with Gasteiger partial charge in [0, 0.05) is 28.0 Å². The molecule has 1 saturated heterocycles. The molecule has 1 N–H and O–H groups in total. The molecule has 0 aromatic heterocycles. The fourth-order valence-corrected chi connectivity index (χ4v) is 7.03. The van der Waals surface area contributed by atoms with Gasteiger partial charge in [-0.2, -0.15) is 0 Å². The second kappa shape index (κ2) is 9.46. The summed E-state index contributed by atoms with van der Waals surface area (Å²) in [4.78, 5) is 45.7. The lowest BCUT2D eigenvalue weighted by molar-refractivity contribution is -0.122. The second-order valence-electron chi connectivity index (χ2n) is 10.6. The number of amides is 1. The number of fused-ring (bicyclic) bond motifs is 6. The topological polar surface area (TPSA) is 75.7 Å². The molecule has 41 heavy (non-hydrogen) atoms. The van der Waals surface area contributed by atoms with Gasteiger partial charge in [-0.15, -0.1) is 0 Å². The van der Waals surface area contributed by atoms with E-state index in [1.807, 2.05) is 65.7 Å².